The van der Waals surface area contributed by atoms with Crippen LogP contribution in [0.25, 0.3) is 11.1 Å². The van der Waals surface area contributed by atoms with Crippen LogP contribution in [-0.2, 0) is 28.4 Å². The minimum absolute atomic E-state index is 0.0837. The topological polar surface area (TPSA) is 49.9 Å². The smallest absolute Gasteiger partial charge is 0.416 e. The maximum Gasteiger partial charge on any atom is 0.416 e. The van der Waals surface area contributed by atoms with Crippen molar-refractivity contribution in [1.29, 1.82) is 0 Å². The predicted octanol–water partition coefficient (Wildman–Crippen LogP) is 5.97. The number of piperazine rings is 1. The van der Waals surface area contributed by atoms with E-state index in [4.69, 9.17) is 4.74 Å². The van der Waals surface area contributed by atoms with E-state index in [0.29, 0.717) is 17.7 Å². The standard InChI is InChI=1S/C24H24F6N2O3/c1-22(2,3)35-21(34)32-9-8-31(20(33)14-32)13-15-4-6-16(7-5-15)17-10-18(23(25,26)27)12-19(11-17)24(28,29)30/h4-7,10-12H,8-9,13-14H2,1-3H3. The van der Waals surface area contributed by atoms with Gasteiger partial charge in [0.25, 0.3) is 0 Å². The van der Waals surface area contributed by atoms with Crippen molar-refractivity contribution in [1.82, 2.24) is 9.80 Å². The molecule has 2 aromatic carbocycles. The summed E-state index contributed by atoms with van der Waals surface area (Å²) in [6.07, 6.45) is -10.5. The van der Waals surface area contributed by atoms with Gasteiger partial charge in [0.05, 0.1) is 11.1 Å². The Morgan fingerprint density at radius 1 is 0.857 bits per heavy atom. The maximum atomic E-state index is 13.1. The van der Waals surface area contributed by atoms with Gasteiger partial charge in [0, 0.05) is 19.6 Å². The summed E-state index contributed by atoms with van der Waals surface area (Å²) >= 11 is 0. The molecule has 2 aromatic rings. The third-order valence-electron chi connectivity index (χ3n) is 5.22. The van der Waals surface area contributed by atoms with E-state index in [0.717, 1.165) is 0 Å². The van der Waals surface area contributed by atoms with Crippen molar-refractivity contribution in [3.8, 4) is 11.1 Å². The van der Waals surface area contributed by atoms with Gasteiger partial charge in [-0.2, -0.15) is 26.3 Å². The number of halogens is 6. The van der Waals surface area contributed by atoms with Crippen molar-refractivity contribution in [2.24, 2.45) is 0 Å². The van der Waals surface area contributed by atoms with Crippen molar-refractivity contribution in [2.75, 3.05) is 19.6 Å². The van der Waals surface area contributed by atoms with Crippen LogP contribution in [0, 0.1) is 0 Å². The second kappa shape index (κ2) is 9.43. The lowest BCUT2D eigenvalue weighted by Gasteiger charge is -2.35. The molecule has 1 aliphatic heterocycles. The molecule has 0 unspecified atom stereocenters. The van der Waals surface area contributed by atoms with Gasteiger partial charge in [-0.1, -0.05) is 24.3 Å². The first-order valence-electron chi connectivity index (χ1n) is 10.7. The summed E-state index contributed by atoms with van der Waals surface area (Å²) in [5.74, 6) is -0.307. The number of hydrogen-bond acceptors (Lipinski definition) is 3. The molecule has 0 atom stereocenters. The molecule has 0 aromatic heterocycles. The van der Waals surface area contributed by atoms with Crippen LogP contribution in [0.2, 0.25) is 0 Å². The van der Waals surface area contributed by atoms with Crippen molar-refractivity contribution >= 4 is 12.0 Å². The highest BCUT2D eigenvalue weighted by molar-refractivity contribution is 5.83. The van der Waals surface area contributed by atoms with E-state index >= 15 is 0 Å². The fourth-order valence-electron chi connectivity index (χ4n) is 3.50. The van der Waals surface area contributed by atoms with Crippen molar-refractivity contribution in [2.45, 2.75) is 45.3 Å². The summed E-state index contributed by atoms with van der Waals surface area (Å²) in [5.41, 5.74) is -2.89. The molecule has 3 rings (SSSR count). The number of rotatable bonds is 3. The van der Waals surface area contributed by atoms with E-state index in [9.17, 15) is 35.9 Å². The lowest BCUT2D eigenvalue weighted by atomic mass is 9.98. The lowest BCUT2D eigenvalue weighted by Crippen LogP contribution is -2.52. The average molecular weight is 502 g/mol. The summed E-state index contributed by atoms with van der Waals surface area (Å²) in [7, 11) is 0. The highest BCUT2D eigenvalue weighted by Gasteiger charge is 2.37. The molecule has 5 nitrogen and oxygen atoms in total. The monoisotopic (exact) mass is 502 g/mol. The number of carbonyl (C=O) groups is 2. The summed E-state index contributed by atoms with van der Waals surface area (Å²) in [6.45, 7) is 5.70. The number of carbonyl (C=O) groups excluding carboxylic acids is 2. The maximum absolute atomic E-state index is 13.1. The summed E-state index contributed by atoms with van der Waals surface area (Å²) in [6, 6.07) is 7.32. The van der Waals surface area contributed by atoms with E-state index < -0.39 is 35.2 Å². The van der Waals surface area contributed by atoms with Gasteiger partial charge in [0.15, 0.2) is 0 Å². The molecule has 1 fully saturated rings. The van der Waals surface area contributed by atoms with Crippen LogP contribution in [0.3, 0.4) is 0 Å². The van der Waals surface area contributed by atoms with Crippen LogP contribution in [0.5, 0.6) is 0 Å². The molecule has 2 amide bonds. The van der Waals surface area contributed by atoms with Gasteiger partial charge >= 0.3 is 18.4 Å². The van der Waals surface area contributed by atoms with Crippen LogP contribution in [0.1, 0.15) is 37.5 Å². The van der Waals surface area contributed by atoms with Crippen LogP contribution < -0.4 is 0 Å². The summed E-state index contributed by atoms with van der Waals surface area (Å²) < 4.78 is 84.1. The van der Waals surface area contributed by atoms with E-state index in [2.05, 4.69) is 0 Å². The van der Waals surface area contributed by atoms with Gasteiger partial charge < -0.3 is 9.64 Å². The van der Waals surface area contributed by atoms with Gasteiger partial charge in [0.1, 0.15) is 12.1 Å². The van der Waals surface area contributed by atoms with E-state index in [1.165, 1.54) is 34.1 Å². The zero-order valence-electron chi connectivity index (χ0n) is 19.3. The zero-order chi connectivity index (χ0) is 26.2. The third kappa shape index (κ3) is 6.89. The largest absolute Gasteiger partial charge is 0.444 e. The molecule has 0 spiro atoms. The number of nitrogens with zero attached hydrogens (tertiary/aromatic N) is 2. The van der Waals surface area contributed by atoms with E-state index in [1.54, 1.807) is 20.8 Å². The number of ether oxygens (including phenoxy) is 1. The normalized spacial score (nSPS) is 15.4. The Bertz CT molecular complexity index is 1060. The number of benzene rings is 2. The fraction of sp³-hybridized carbons (Fsp3) is 0.417. The first-order valence-corrected chi connectivity index (χ1v) is 10.7. The quantitative estimate of drug-likeness (QED) is 0.486. The van der Waals surface area contributed by atoms with Gasteiger partial charge in [-0.05, 0) is 55.7 Å². The molecule has 0 radical (unpaired) electrons. The van der Waals surface area contributed by atoms with Crippen molar-refractivity contribution in [3.63, 3.8) is 0 Å². The summed E-state index contributed by atoms with van der Waals surface area (Å²) in [4.78, 5) is 27.5. The van der Waals surface area contributed by atoms with E-state index in [1.807, 2.05) is 0 Å². The Kier molecular flexibility index (Phi) is 7.10. The van der Waals surface area contributed by atoms with Gasteiger partial charge in [-0.15, -0.1) is 0 Å². The molecule has 0 saturated carbocycles. The minimum Gasteiger partial charge on any atom is -0.444 e. The van der Waals surface area contributed by atoms with Crippen LogP contribution in [0.15, 0.2) is 42.5 Å². The summed E-state index contributed by atoms with van der Waals surface area (Å²) in [5, 5.41) is 0. The van der Waals surface area contributed by atoms with E-state index in [-0.39, 0.29) is 49.3 Å². The van der Waals surface area contributed by atoms with Crippen LogP contribution in [0.4, 0.5) is 31.1 Å². The molecule has 0 N–H and O–H groups in total. The molecule has 0 aliphatic carbocycles. The Labute approximate surface area is 198 Å². The molecule has 1 heterocycles. The van der Waals surface area contributed by atoms with Crippen LogP contribution in [-0.4, -0.2) is 47.0 Å². The third-order valence-corrected chi connectivity index (χ3v) is 5.22. The minimum atomic E-state index is -4.93. The second-order valence-corrected chi connectivity index (χ2v) is 9.21. The van der Waals surface area contributed by atoms with Gasteiger partial charge in [-0.3, -0.25) is 9.69 Å². The number of amides is 2. The first kappa shape index (κ1) is 26.4. The van der Waals surface area contributed by atoms with Gasteiger partial charge in [0.2, 0.25) is 5.91 Å². The Hall–Kier alpha value is -3.24. The van der Waals surface area contributed by atoms with Crippen molar-refractivity contribution in [3.05, 3.63) is 59.2 Å². The molecular weight excluding hydrogens is 478 g/mol. The SMILES string of the molecule is CC(C)(C)OC(=O)N1CCN(Cc2ccc(-c3cc(C(F)(F)F)cc(C(F)(F)F)c3)cc2)C(=O)C1. The zero-order valence-corrected chi connectivity index (χ0v) is 19.3. The Morgan fingerprint density at radius 2 is 1.40 bits per heavy atom. The molecule has 35 heavy (non-hydrogen) atoms. The first-order chi connectivity index (χ1) is 16.0. The molecule has 1 aliphatic rings. The second-order valence-electron chi connectivity index (χ2n) is 9.21. The van der Waals surface area contributed by atoms with Crippen molar-refractivity contribution < 1.29 is 40.7 Å². The highest BCUT2D eigenvalue weighted by Crippen LogP contribution is 2.38. The molecule has 190 valence electrons. The molecule has 0 bridgehead atoms. The molecule has 11 heteroatoms. The lowest BCUT2D eigenvalue weighted by molar-refractivity contribution is -0.143. The number of alkyl halides is 6. The Balaban J connectivity index is 1.73. The number of hydrogen-bond donors (Lipinski definition) is 0. The predicted molar refractivity (Wildman–Crippen MR) is 115 cm³/mol. The van der Waals surface area contributed by atoms with Gasteiger partial charge in [-0.25, -0.2) is 4.79 Å². The molecule has 1 saturated heterocycles. The molecular formula is C24H24F6N2O3. The average Bonchev–Trinajstić information content (AvgIpc) is 2.73. The fourth-order valence-corrected chi connectivity index (χ4v) is 3.50. The van der Waals surface area contributed by atoms with Crippen LogP contribution >= 0.6 is 0 Å². The highest BCUT2D eigenvalue weighted by atomic mass is 19.4. The Morgan fingerprint density at radius 3 is 1.86 bits per heavy atom.